The van der Waals surface area contributed by atoms with Crippen molar-refractivity contribution in [2.75, 3.05) is 0 Å². The minimum atomic E-state index is -0.510. The molecule has 0 aromatic rings. The molecule has 3 aliphatic carbocycles. The van der Waals surface area contributed by atoms with Gasteiger partial charge in [-0.25, -0.2) is 4.39 Å². The molecular weight excluding hydrogens is 295 g/mol. The van der Waals surface area contributed by atoms with Crippen LogP contribution in [0, 0.1) is 29.6 Å². The summed E-state index contributed by atoms with van der Waals surface area (Å²) in [5.41, 5.74) is 0. The summed E-state index contributed by atoms with van der Waals surface area (Å²) in [6.07, 6.45) is 14.6. The van der Waals surface area contributed by atoms with Gasteiger partial charge in [0.05, 0.1) is 0 Å². The maximum Gasteiger partial charge on any atom is 0.103 e. The largest absolute Gasteiger partial charge is 0.247 e. The molecule has 3 saturated carbocycles. The summed E-state index contributed by atoms with van der Waals surface area (Å²) in [6, 6.07) is 0. The van der Waals surface area contributed by atoms with Crippen LogP contribution in [0.4, 0.5) is 4.39 Å². The molecule has 2 heteroatoms. The normalized spacial score (nSPS) is 47.3. The van der Waals surface area contributed by atoms with Crippen molar-refractivity contribution in [2.24, 2.45) is 29.6 Å². The molecule has 0 spiro atoms. The molecule has 0 heterocycles. The van der Waals surface area contributed by atoms with Gasteiger partial charge in [0.1, 0.15) is 6.17 Å². The van der Waals surface area contributed by atoms with Crippen molar-refractivity contribution in [1.29, 1.82) is 0 Å². The highest BCUT2D eigenvalue weighted by Gasteiger charge is 2.36. The van der Waals surface area contributed by atoms with E-state index < -0.39 is 6.17 Å². The molecule has 0 radical (unpaired) electrons. The average Bonchev–Trinajstić information content (AvgIpc) is 2.51. The molecule has 3 unspecified atom stereocenters. The number of rotatable bonds is 3. The Bertz CT molecular complexity index is 329. The van der Waals surface area contributed by atoms with Crippen LogP contribution in [0.1, 0.15) is 84.0 Å². The third kappa shape index (κ3) is 4.40. The van der Waals surface area contributed by atoms with E-state index >= 15 is 0 Å². The maximum atomic E-state index is 14.4. The van der Waals surface area contributed by atoms with Crippen molar-refractivity contribution < 1.29 is 4.39 Å². The van der Waals surface area contributed by atoms with E-state index in [0.717, 1.165) is 24.7 Å². The zero-order chi connectivity index (χ0) is 15.5. The fourth-order valence-corrected chi connectivity index (χ4v) is 5.80. The number of alkyl halides is 2. The van der Waals surface area contributed by atoms with Gasteiger partial charge in [-0.3, -0.25) is 0 Å². The van der Waals surface area contributed by atoms with Gasteiger partial charge in [-0.05, 0) is 87.4 Å². The van der Waals surface area contributed by atoms with Crippen LogP contribution in [-0.4, -0.2) is 11.5 Å². The van der Waals surface area contributed by atoms with E-state index in [1.807, 2.05) is 0 Å². The Labute approximate surface area is 141 Å². The molecule has 0 nitrogen and oxygen atoms in total. The van der Waals surface area contributed by atoms with Gasteiger partial charge >= 0.3 is 0 Å². The standard InChI is InChI=1S/C20H34ClF/c1-14-2-11-19(20(22)12-14)17-7-3-15(4-8-17)13-16-5-9-18(21)10-6-16/h14-20H,2-13H2,1H3. The Morgan fingerprint density at radius 3 is 2.00 bits per heavy atom. The summed E-state index contributed by atoms with van der Waals surface area (Å²) in [5.74, 6) is 3.55. The highest BCUT2D eigenvalue weighted by Crippen LogP contribution is 2.44. The predicted octanol–water partition coefficient (Wildman–Crippen LogP) is 6.75. The van der Waals surface area contributed by atoms with Gasteiger partial charge in [-0.15, -0.1) is 11.6 Å². The molecule has 3 atom stereocenters. The van der Waals surface area contributed by atoms with Crippen LogP contribution < -0.4 is 0 Å². The first-order chi connectivity index (χ1) is 10.6. The van der Waals surface area contributed by atoms with E-state index in [2.05, 4.69) is 6.92 Å². The van der Waals surface area contributed by atoms with Gasteiger partial charge in [-0.1, -0.05) is 26.2 Å². The van der Waals surface area contributed by atoms with Crippen molar-refractivity contribution >= 4 is 11.6 Å². The molecular formula is C20H34ClF. The summed E-state index contributed by atoms with van der Waals surface area (Å²) in [5, 5.41) is 0.446. The monoisotopic (exact) mass is 328 g/mol. The fraction of sp³-hybridized carbons (Fsp3) is 1.00. The van der Waals surface area contributed by atoms with E-state index in [9.17, 15) is 4.39 Å². The van der Waals surface area contributed by atoms with Crippen LogP contribution in [0.5, 0.6) is 0 Å². The first-order valence-electron chi connectivity index (χ1n) is 9.90. The van der Waals surface area contributed by atoms with Gasteiger partial charge in [0, 0.05) is 5.38 Å². The Balaban J connectivity index is 1.40. The molecule has 0 aromatic carbocycles. The molecule has 3 fully saturated rings. The highest BCUT2D eigenvalue weighted by atomic mass is 35.5. The summed E-state index contributed by atoms with van der Waals surface area (Å²) in [7, 11) is 0. The van der Waals surface area contributed by atoms with Gasteiger partial charge in [-0.2, -0.15) is 0 Å². The van der Waals surface area contributed by atoms with Crippen molar-refractivity contribution in [2.45, 2.75) is 95.5 Å². The SMILES string of the molecule is CC1CCC(C2CCC(CC3CCC(Cl)CC3)CC2)C(F)C1. The molecule has 0 bridgehead atoms. The van der Waals surface area contributed by atoms with E-state index in [4.69, 9.17) is 11.6 Å². The summed E-state index contributed by atoms with van der Waals surface area (Å²) in [4.78, 5) is 0. The third-order valence-electron chi connectivity index (χ3n) is 7.02. The van der Waals surface area contributed by atoms with E-state index in [1.54, 1.807) is 0 Å². The van der Waals surface area contributed by atoms with Crippen LogP contribution in [-0.2, 0) is 0 Å². The minimum absolute atomic E-state index is 0.392. The number of hydrogen-bond acceptors (Lipinski definition) is 0. The third-order valence-corrected chi connectivity index (χ3v) is 7.46. The molecule has 0 amide bonds. The van der Waals surface area contributed by atoms with Crippen LogP contribution in [0.3, 0.4) is 0 Å². The minimum Gasteiger partial charge on any atom is -0.247 e. The van der Waals surface area contributed by atoms with E-state index in [-0.39, 0.29) is 0 Å². The second kappa shape index (κ2) is 7.86. The molecule has 0 aliphatic heterocycles. The lowest BCUT2D eigenvalue weighted by Gasteiger charge is -2.40. The fourth-order valence-electron chi connectivity index (χ4n) is 5.55. The van der Waals surface area contributed by atoms with E-state index in [1.165, 1.54) is 64.2 Å². The zero-order valence-electron chi connectivity index (χ0n) is 14.3. The van der Waals surface area contributed by atoms with Gasteiger partial charge < -0.3 is 0 Å². The van der Waals surface area contributed by atoms with Crippen molar-refractivity contribution in [3.63, 3.8) is 0 Å². The Morgan fingerprint density at radius 1 is 0.818 bits per heavy atom. The van der Waals surface area contributed by atoms with Crippen molar-refractivity contribution in [3.05, 3.63) is 0 Å². The molecule has 128 valence electrons. The average molecular weight is 329 g/mol. The quantitative estimate of drug-likeness (QED) is 0.502. The highest BCUT2D eigenvalue weighted by molar-refractivity contribution is 6.20. The van der Waals surface area contributed by atoms with E-state index in [0.29, 0.717) is 23.1 Å². The first kappa shape index (κ1) is 17.1. The maximum absolute atomic E-state index is 14.4. The first-order valence-corrected chi connectivity index (χ1v) is 10.3. The lowest BCUT2D eigenvalue weighted by Crippen LogP contribution is -2.33. The topological polar surface area (TPSA) is 0 Å². The molecule has 22 heavy (non-hydrogen) atoms. The lowest BCUT2D eigenvalue weighted by atomic mass is 9.67. The van der Waals surface area contributed by atoms with Crippen LogP contribution in [0.15, 0.2) is 0 Å². The van der Waals surface area contributed by atoms with Gasteiger partial charge in [0.15, 0.2) is 0 Å². The Morgan fingerprint density at radius 2 is 1.41 bits per heavy atom. The van der Waals surface area contributed by atoms with Crippen LogP contribution in [0.2, 0.25) is 0 Å². The predicted molar refractivity (Wildman–Crippen MR) is 93.1 cm³/mol. The molecule has 0 saturated heterocycles. The van der Waals surface area contributed by atoms with Gasteiger partial charge in [0.2, 0.25) is 0 Å². The Kier molecular flexibility index (Phi) is 6.09. The second-order valence-corrected chi connectivity index (χ2v) is 9.35. The lowest BCUT2D eigenvalue weighted by molar-refractivity contribution is 0.0594. The summed E-state index contributed by atoms with van der Waals surface area (Å²) < 4.78 is 14.4. The number of hydrogen-bond donors (Lipinski definition) is 0. The number of halogens is 2. The molecule has 0 aromatic heterocycles. The molecule has 0 N–H and O–H groups in total. The molecule has 3 aliphatic rings. The van der Waals surface area contributed by atoms with Gasteiger partial charge in [0.25, 0.3) is 0 Å². The van der Waals surface area contributed by atoms with Crippen molar-refractivity contribution in [3.8, 4) is 0 Å². The van der Waals surface area contributed by atoms with Crippen molar-refractivity contribution in [1.82, 2.24) is 0 Å². The molecule has 3 rings (SSSR count). The smallest absolute Gasteiger partial charge is 0.103 e. The second-order valence-electron chi connectivity index (χ2n) is 8.73. The summed E-state index contributed by atoms with van der Waals surface area (Å²) >= 11 is 6.22. The zero-order valence-corrected chi connectivity index (χ0v) is 15.0. The van der Waals surface area contributed by atoms with Crippen LogP contribution in [0.25, 0.3) is 0 Å². The summed E-state index contributed by atoms with van der Waals surface area (Å²) in [6.45, 7) is 2.22. The Hall–Kier alpha value is 0.220. The van der Waals surface area contributed by atoms with Crippen LogP contribution >= 0.6 is 11.6 Å².